The van der Waals surface area contributed by atoms with E-state index < -0.39 is 23.7 Å². The number of carbonyl (C=O) groups excluding carboxylic acids is 1. The maximum Gasteiger partial charge on any atom is 0.408 e. The molecule has 7 nitrogen and oxygen atoms in total. The van der Waals surface area contributed by atoms with Gasteiger partial charge in [-0.2, -0.15) is 0 Å². The average molecular weight is 653 g/mol. The van der Waals surface area contributed by atoms with Crippen molar-refractivity contribution in [1.82, 2.24) is 5.32 Å². The van der Waals surface area contributed by atoms with Gasteiger partial charge in [-0.05, 0) is 114 Å². The maximum atomic E-state index is 12.0. The third-order valence-corrected chi connectivity index (χ3v) is 5.68. The SMILES string of the molecule is COc1ccc(Oc2c(I)cc(CC(NC(=O)OC(C)(C)C)C(=O)O)cc2I)cc1C. The van der Waals surface area contributed by atoms with Gasteiger partial charge in [0.1, 0.15) is 23.1 Å². The second-order valence-corrected chi connectivity index (χ2v) is 10.2. The van der Waals surface area contributed by atoms with Crippen LogP contribution in [0.15, 0.2) is 30.3 Å². The highest BCUT2D eigenvalue weighted by Gasteiger charge is 2.25. The van der Waals surface area contributed by atoms with E-state index >= 15 is 0 Å². The van der Waals surface area contributed by atoms with Crippen molar-refractivity contribution in [2.24, 2.45) is 0 Å². The number of nitrogens with one attached hydrogen (secondary N) is 1. The second kappa shape index (κ2) is 10.7. The lowest BCUT2D eigenvalue weighted by Crippen LogP contribution is -2.44. The lowest BCUT2D eigenvalue weighted by molar-refractivity contribution is -0.139. The molecule has 0 aliphatic heterocycles. The zero-order chi connectivity index (χ0) is 23.3. The molecular formula is C22H25I2NO6. The summed E-state index contributed by atoms with van der Waals surface area (Å²) in [6.07, 6.45) is -0.651. The van der Waals surface area contributed by atoms with Crippen LogP contribution in [0.3, 0.4) is 0 Å². The van der Waals surface area contributed by atoms with Gasteiger partial charge in [-0.3, -0.25) is 0 Å². The Hall–Kier alpha value is -1.76. The number of methoxy groups -OCH3 is 1. The molecule has 2 aromatic carbocycles. The van der Waals surface area contributed by atoms with Gasteiger partial charge in [0.15, 0.2) is 5.75 Å². The van der Waals surface area contributed by atoms with E-state index in [0.29, 0.717) is 11.5 Å². The Balaban J connectivity index is 2.18. The van der Waals surface area contributed by atoms with Gasteiger partial charge in [-0.25, -0.2) is 9.59 Å². The van der Waals surface area contributed by atoms with E-state index in [1.807, 2.05) is 37.3 Å². The predicted molar refractivity (Wildman–Crippen MR) is 134 cm³/mol. The Morgan fingerprint density at radius 3 is 2.23 bits per heavy atom. The molecule has 1 amide bonds. The van der Waals surface area contributed by atoms with Crippen LogP contribution in [0.5, 0.6) is 17.2 Å². The summed E-state index contributed by atoms with van der Waals surface area (Å²) in [5.74, 6) is 1.01. The van der Waals surface area contributed by atoms with E-state index in [1.54, 1.807) is 27.9 Å². The van der Waals surface area contributed by atoms with Gasteiger partial charge < -0.3 is 24.6 Å². The molecule has 0 fully saturated rings. The van der Waals surface area contributed by atoms with Crippen LogP contribution in [0.4, 0.5) is 4.79 Å². The number of ether oxygens (including phenoxy) is 3. The van der Waals surface area contributed by atoms with Crippen molar-refractivity contribution in [2.75, 3.05) is 7.11 Å². The summed E-state index contributed by atoms with van der Waals surface area (Å²) in [6, 6.07) is 8.15. The van der Waals surface area contributed by atoms with E-state index in [-0.39, 0.29) is 6.42 Å². The summed E-state index contributed by atoms with van der Waals surface area (Å²) >= 11 is 4.31. The number of hydrogen-bond acceptors (Lipinski definition) is 5. The zero-order valence-electron chi connectivity index (χ0n) is 17.9. The van der Waals surface area contributed by atoms with Gasteiger partial charge in [0.2, 0.25) is 0 Å². The number of hydrogen-bond donors (Lipinski definition) is 2. The number of benzene rings is 2. The molecule has 0 bridgehead atoms. The fourth-order valence-electron chi connectivity index (χ4n) is 2.75. The molecule has 31 heavy (non-hydrogen) atoms. The minimum absolute atomic E-state index is 0.114. The molecule has 2 rings (SSSR count). The lowest BCUT2D eigenvalue weighted by Gasteiger charge is -2.22. The maximum absolute atomic E-state index is 12.0. The number of carbonyl (C=O) groups is 2. The first-order valence-electron chi connectivity index (χ1n) is 9.42. The van der Waals surface area contributed by atoms with Crippen LogP contribution >= 0.6 is 45.2 Å². The smallest absolute Gasteiger partial charge is 0.408 e. The first-order chi connectivity index (χ1) is 14.4. The van der Waals surface area contributed by atoms with Crippen LogP contribution in [0, 0.1) is 14.1 Å². The molecule has 9 heteroatoms. The standard InChI is InChI=1S/C22H25I2NO6/c1-12-8-14(6-7-18(12)29-5)30-19-15(23)9-13(10-16(19)24)11-17(20(26)27)25-21(28)31-22(2,3)4/h6-10,17H,11H2,1-5H3,(H,25,28)(H,26,27). The highest BCUT2D eigenvalue weighted by Crippen LogP contribution is 2.34. The second-order valence-electron chi connectivity index (χ2n) is 7.86. The molecular weight excluding hydrogens is 628 g/mol. The molecule has 0 saturated heterocycles. The average Bonchev–Trinajstić information content (AvgIpc) is 2.62. The van der Waals surface area contributed by atoms with Crippen molar-refractivity contribution >= 4 is 57.2 Å². The summed E-state index contributed by atoms with van der Waals surface area (Å²) in [4.78, 5) is 23.7. The van der Waals surface area contributed by atoms with Crippen molar-refractivity contribution in [3.63, 3.8) is 0 Å². The molecule has 168 valence electrons. The molecule has 0 radical (unpaired) electrons. The normalized spacial score (nSPS) is 12.1. The minimum Gasteiger partial charge on any atom is -0.496 e. The van der Waals surface area contributed by atoms with E-state index in [2.05, 4.69) is 50.5 Å². The Bertz CT molecular complexity index is 948. The predicted octanol–water partition coefficient (Wildman–Crippen LogP) is 5.53. The summed E-state index contributed by atoms with van der Waals surface area (Å²) in [5.41, 5.74) is 1.01. The van der Waals surface area contributed by atoms with Crippen LogP contribution in [0.2, 0.25) is 0 Å². The van der Waals surface area contributed by atoms with Crippen molar-refractivity contribution in [1.29, 1.82) is 0 Å². The van der Waals surface area contributed by atoms with Gasteiger partial charge in [0, 0.05) is 6.42 Å². The quantitative estimate of drug-likeness (QED) is 0.383. The van der Waals surface area contributed by atoms with Crippen molar-refractivity contribution in [2.45, 2.75) is 45.8 Å². The van der Waals surface area contributed by atoms with E-state index in [4.69, 9.17) is 14.2 Å². The van der Waals surface area contributed by atoms with Crippen molar-refractivity contribution < 1.29 is 28.9 Å². The van der Waals surface area contributed by atoms with E-state index in [1.165, 1.54) is 0 Å². The van der Waals surface area contributed by atoms with Crippen LogP contribution in [-0.2, 0) is 16.0 Å². The van der Waals surface area contributed by atoms with Gasteiger partial charge >= 0.3 is 12.1 Å². The van der Waals surface area contributed by atoms with Crippen molar-refractivity contribution in [3.8, 4) is 17.2 Å². The minimum atomic E-state index is -1.13. The highest BCUT2D eigenvalue weighted by molar-refractivity contribution is 14.1. The molecule has 2 aromatic rings. The highest BCUT2D eigenvalue weighted by atomic mass is 127. The number of alkyl carbamates (subject to hydrolysis) is 1. The molecule has 0 saturated carbocycles. The molecule has 0 aromatic heterocycles. The van der Waals surface area contributed by atoms with Gasteiger partial charge in [-0.1, -0.05) is 0 Å². The number of carboxylic acids is 1. The third-order valence-electron chi connectivity index (χ3n) is 4.07. The first-order valence-corrected chi connectivity index (χ1v) is 11.6. The number of amides is 1. The Labute approximate surface area is 209 Å². The summed E-state index contributed by atoms with van der Waals surface area (Å²) in [6.45, 7) is 7.09. The fourth-order valence-corrected chi connectivity index (χ4v) is 4.86. The third kappa shape index (κ3) is 7.70. The molecule has 0 spiro atoms. The Morgan fingerprint density at radius 1 is 1.13 bits per heavy atom. The van der Waals surface area contributed by atoms with Crippen LogP contribution in [0.1, 0.15) is 31.9 Å². The Kier molecular flexibility index (Phi) is 8.81. The largest absolute Gasteiger partial charge is 0.496 e. The molecule has 0 aliphatic rings. The molecule has 1 atom stereocenters. The van der Waals surface area contributed by atoms with Crippen molar-refractivity contribution in [3.05, 3.63) is 48.6 Å². The van der Waals surface area contributed by atoms with Gasteiger partial charge in [0.25, 0.3) is 0 Å². The van der Waals surface area contributed by atoms with E-state index in [9.17, 15) is 14.7 Å². The number of carboxylic acid groups (broad SMARTS) is 1. The number of aliphatic carboxylic acids is 1. The number of rotatable bonds is 7. The lowest BCUT2D eigenvalue weighted by atomic mass is 10.1. The van der Waals surface area contributed by atoms with Gasteiger partial charge in [-0.15, -0.1) is 0 Å². The Morgan fingerprint density at radius 2 is 1.74 bits per heavy atom. The van der Waals surface area contributed by atoms with Crippen LogP contribution in [-0.4, -0.2) is 35.9 Å². The number of aryl methyl sites for hydroxylation is 1. The van der Waals surface area contributed by atoms with Crippen LogP contribution < -0.4 is 14.8 Å². The van der Waals surface area contributed by atoms with E-state index in [0.717, 1.165) is 24.0 Å². The first kappa shape index (κ1) is 25.5. The molecule has 0 heterocycles. The zero-order valence-corrected chi connectivity index (χ0v) is 22.2. The fraction of sp³-hybridized carbons (Fsp3) is 0.364. The van der Waals surface area contributed by atoms with Crippen LogP contribution in [0.25, 0.3) is 0 Å². The summed E-state index contributed by atoms with van der Waals surface area (Å²) in [5, 5.41) is 12.0. The molecule has 2 N–H and O–H groups in total. The summed E-state index contributed by atoms with van der Waals surface area (Å²) < 4.78 is 18.2. The monoisotopic (exact) mass is 653 g/mol. The topological polar surface area (TPSA) is 94.1 Å². The number of halogens is 2. The van der Waals surface area contributed by atoms with Gasteiger partial charge in [0.05, 0.1) is 14.3 Å². The molecule has 1 unspecified atom stereocenters. The summed E-state index contributed by atoms with van der Waals surface area (Å²) in [7, 11) is 1.62. The molecule has 0 aliphatic carbocycles.